The predicted molar refractivity (Wildman–Crippen MR) is 126 cm³/mol. The van der Waals surface area contributed by atoms with E-state index in [0.717, 1.165) is 44.1 Å². The maximum absolute atomic E-state index is 13.1. The van der Waals surface area contributed by atoms with Crippen molar-refractivity contribution in [1.82, 2.24) is 0 Å². The summed E-state index contributed by atoms with van der Waals surface area (Å²) in [5.41, 5.74) is -1.06. The van der Waals surface area contributed by atoms with E-state index in [9.17, 15) is 14.7 Å². The number of esters is 1. The highest BCUT2D eigenvalue weighted by Gasteiger charge is 2.71. The summed E-state index contributed by atoms with van der Waals surface area (Å²) in [7, 11) is 0. The Hall–Kier alpha value is -1.68. The molecule has 3 saturated carbocycles. The molecule has 6 aliphatic rings. The Morgan fingerprint density at radius 2 is 1.67 bits per heavy atom. The molecule has 0 radical (unpaired) electrons. The zero-order valence-corrected chi connectivity index (χ0v) is 20.7. The maximum Gasteiger partial charge on any atom is 0.312 e. The van der Waals surface area contributed by atoms with Gasteiger partial charge in [0.15, 0.2) is 5.78 Å². The highest BCUT2D eigenvalue weighted by molar-refractivity contribution is 5.99. The summed E-state index contributed by atoms with van der Waals surface area (Å²) in [5, 5.41) is 12.5. The monoisotopic (exact) mass is 450 g/mol. The molecule has 6 rings (SSSR count). The van der Waals surface area contributed by atoms with E-state index in [-0.39, 0.29) is 40.5 Å². The van der Waals surface area contributed by atoms with Crippen molar-refractivity contribution in [3.05, 3.63) is 36.0 Å². The number of hydrogen-bond donors (Lipinski definition) is 1. The van der Waals surface area contributed by atoms with Crippen molar-refractivity contribution in [3.8, 4) is 0 Å². The van der Waals surface area contributed by atoms with Gasteiger partial charge in [-0.25, -0.2) is 0 Å². The lowest BCUT2D eigenvalue weighted by molar-refractivity contribution is -0.187. The van der Waals surface area contributed by atoms with Gasteiger partial charge in [0.1, 0.15) is 6.10 Å². The van der Waals surface area contributed by atoms with Crippen molar-refractivity contribution in [3.63, 3.8) is 0 Å². The van der Waals surface area contributed by atoms with Crippen LogP contribution in [-0.4, -0.2) is 28.6 Å². The number of carbonyl (C=O) groups excluding carboxylic acids is 2. The van der Waals surface area contributed by atoms with Gasteiger partial charge in [-0.05, 0) is 94.1 Å². The van der Waals surface area contributed by atoms with Gasteiger partial charge in [0.2, 0.25) is 0 Å². The fourth-order valence-corrected chi connectivity index (χ4v) is 9.29. The number of fused-ring (bicyclic) bond motifs is 7. The zero-order chi connectivity index (χ0) is 23.6. The van der Waals surface area contributed by atoms with Crippen molar-refractivity contribution >= 4 is 11.8 Å². The zero-order valence-electron chi connectivity index (χ0n) is 20.7. The van der Waals surface area contributed by atoms with E-state index in [1.165, 1.54) is 0 Å². The number of carbonyl (C=O) groups is 2. The van der Waals surface area contributed by atoms with Crippen LogP contribution in [0.4, 0.5) is 0 Å². The summed E-state index contributed by atoms with van der Waals surface area (Å²) in [4.78, 5) is 25.9. The lowest BCUT2D eigenvalue weighted by atomic mass is 9.47. The molecule has 2 bridgehead atoms. The topological polar surface area (TPSA) is 63.6 Å². The van der Waals surface area contributed by atoms with E-state index in [0.29, 0.717) is 11.8 Å². The summed E-state index contributed by atoms with van der Waals surface area (Å²) in [6.07, 6.45) is 15.3. The molecule has 0 amide bonds. The molecule has 1 aliphatic heterocycles. The lowest BCUT2D eigenvalue weighted by Crippen LogP contribution is -2.58. The highest BCUT2D eigenvalue weighted by Crippen LogP contribution is 2.70. The number of hydrogen-bond acceptors (Lipinski definition) is 4. The molecule has 4 nitrogen and oxygen atoms in total. The summed E-state index contributed by atoms with van der Waals surface area (Å²) in [5.74, 6) is 1.02. The van der Waals surface area contributed by atoms with Crippen LogP contribution < -0.4 is 0 Å². The number of ether oxygens (including phenoxy) is 1. The van der Waals surface area contributed by atoms with Crippen molar-refractivity contribution in [2.45, 2.75) is 84.8 Å². The van der Waals surface area contributed by atoms with E-state index in [1.807, 2.05) is 19.9 Å². The molecule has 0 spiro atoms. The maximum atomic E-state index is 13.1. The first-order valence-electron chi connectivity index (χ1n) is 12.9. The first-order valence-corrected chi connectivity index (χ1v) is 12.9. The summed E-state index contributed by atoms with van der Waals surface area (Å²) < 4.78 is 6.01. The van der Waals surface area contributed by atoms with Gasteiger partial charge < -0.3 is 9.84 Å². The molecule has 0 aromatic heterocycles. The van der Waals surface area contributed by atoms with Crippen molar-refractivity contribution in [1.29, 1.82) is 0 Å². The molecule has 5 aliphatic carbocycles. The lowest BCUT2D eigenvalue weighted by Gasteiger charge is -2.57. The fraction of sp³-hybridized carbons (Fsp3) is 0.724. The summed E-state index contributed by atoms with van der Waals surface area (Å²) in [6.45, 7) is 10.7. The first kappa shape index (κ1) is 21.8. The van der Waals surface area contributed by atoms with Gasteiger partial charge in [-0.1, -0.05) is 38.2 Å². The highest BCUT2D eigenvalue weighted by atomic mass is 16.5. The standard InChI is InChI=1S/C29H38O4/c1-25(2)24(31)33-22-16-26(25,3)15-21(22)29(32)14-12-19-18-10-9-17-7-6-8-23(30)28(17,5)20(18)11-13-27(19,29)4/h6-10,18-22,32H,11-16H2,1-5H3/t18-,19-,20-,21-,22+,26+,27-,28-,29+/m0/s1. The van der Waals surface area contributed by atoms with Gasteiger partial charge in [-0.3, -0.25) is 9.59 Å². The number of rotatable bonds is 1. The fourth-order valence-electron chi connectivity index (χ4n) is 9.29. The smallest absolute Gasteiger partial charge is 0.312 e. The average molecular weight is 451 g/mol. The minimum absolute atomic E-state index is 0.0161. The van der Waals surface area contributed by atoms with Crippen LogP contribution in [0.5, 0.6) is 0 Å². The molecule has 0 aromatic rings. The molecule has 178 valence electrons. The third kappa shape index (κ3) is 2.37. The van der Waals surface area contributed by atoms with Crippen LogP contribution in [0.1, 0.15) is 73.1 Å². The number of ketones is 1. The largest absolute Gasteiger partial charge is 0.462 e. The van der Waals surface area contributed by atoms with Crippen molar-refractivity contribution in [2.75, 3.05) is 0 Å². The van der Waals surface area contributed by atoms with Crippen molar-refractivity contribution < 1.29 is 19.4 Å². The molecular formula is C29H38O4. The Balaban J connectivity index is 1.36. The molecule has 1 N–H and O–H groups in total. The van der Waals surface area contributed by atoms with Crippen LogP contribution in [0.3, 0.4) is 0 Å². The molecule has 1 heterocycles. The van der Waals surface area contributed by atoms with Crippen LogP contribution in [0.25, 0.3) is 0 Å². The Morgan fingerprint density at radius 1 is 0.939 bits per heavy atom. The Morgan fingerprint density at radius 3 is 2.42 bits per heavy atom. The quantitative estimate of drug-likeness (QED) is 0.560. The van der Waals surface area contributed by atoms with Gasteiger partial charge in [0.05, 0.1) is 16.4 Å². The molecule has 4 fully saturated rings. The molecule has 9 atom stereocenters. The second-order valence-corrected chi connectivity index (χ2v) is 13.3. The average Bonchev–Trinajstić information content (AvgIpc) is 3.22. The number of allylic oxidation sites excluding steroid dienone is 6. The van der Waals surface area contributed by atoms with Crippen LogP contribution >= 0.6 is 0 Å². The third-order valence-corrected chi connectivity index (χ3v) is 12.1. The second kappa shape index (κ2) is 6.30. The van der Waals surface area contributed by atoms with Gasteiger partial charge in [0.25, 0.3) is 0 Å². The summed E-state index contributed by atoms with van der Waals surface area (Å²) in [6, 6.07) is 0. The molecular weight excluding hydrogens is 412 g/mol. The minimum Gasteiger partial charge on any atom is -0.462 e. The van der Waals surface area contributed by atoms with E-state index in [4.69, 9.17) is 4.74 Å². The van der Waals surface area contributed by atoms with Gasteiger partial charge in [0, 0.05) is 11.3 Å². The first-order chi connectivity index (χ1) is 15.4. The van der Waals surface area contributed by atoms with Crippen LogP contribution in [0, 0.1) is 45.3 Å². The second-order valence-electron chi connectivity index (χ2n) is 13.3. The SMILES string of the molecule is CC1(C)C(=O)O[C@@H]2C[C@@]1(C)C[C@@H]2[C@]1(O)CC[C@H]2[C@@H]3C=CC4=CC=CC(=O)[C@]4(C)[C@H]3CC[C@@]21C. The molecule has 33 heavy (non-hydrogen) atoms. The molecule has 0 aromatic carbocycles. The van der Waals surface area contributed by atoms with Gasteiger partial charge in [-0.15, -0.1) is 0 Å². The Kier molecular flexibility index (Phi) is 4.17. The molecule has 1 saturated heterocycles. The van der Waals surface area contributed by atoms with Crippen molar-refractivity contribution in [2.24, 2.45) is 45.3 Å². The Bertz CT molecular complexity index is 1030. The van der Waals surface area contributed by atoms with E-state index < -0.39 is 16.4 Å². The minimum atomic E-state index is -0.840. The molecule has 0 unspecified atom stereocenters. The third-order valence-electron chi connectivity index (χ3n) is 12.1. The Labute approximate surface area is 197 Å². The van der Waals surface area contributed by atoms with E-state index >= 15 is 0 Å². The van der Waals surface area contributed by atoms with E-state index in [1.54, 1.807) is 6.08 Å². The van der Waals surface area contributed by atoms with Crippen LogP contribution in [-0.2, 0) is 14.3 Å². The van der Waals surface area contributed by atoms with Crippen LogP contribution in [0.15, 0.2) is 36.0 Å². The molecule has 4 heteroatoms. The summed E-state index contributed by atoms with van der Waals surface area (Å²) >= 11 is 0. The van der Waals surface area contributed by atoms with E-state index in [2.05, 4.69) is 39.0 Å². The van der Waals surface area contributed by atoms with Gasteiger partial charge >= 0.3 is 5.97 Å². The van der Waals surface area contributed by atoms with Gasteiger partial charge in [-0.2, -0.15) is 0 Å². The predicted octanol–water partition coefficient (Wildman–Crippen LogP) is 5.17. The normalized spacial score (nSPS) is 53.8. The van der Waals surface area contributed by atoms with Crippen LogP contribution in [0.2, 0.25) is 0 Å². The number of aliphatic hydroxyl groups is 1.